The molecule has 2 aliphatic rings. The Balaban J connectivity index is 1.21. The maximum Gasteiger partial charge on any atom is 0.212 e. The van der Waals surface area contributed by atoms with Crippen molar-refractivity contribution < 1.29 is 23.7 Å². The number of fused-ring (bicyclic) bond motifs is 2. The lowest BCUT2D eigenvalue weighted by Gasteiger charge is -2.35. The van der Waals surface area contributed by atoms with Crippen molar-refractivity contribution in [2.75, 3.05) is 41.0 Å². The second-order valence-corrected chi connectivity index (χ2v) is 9.02. The largest absolute Gasteiger partial charge is 0.493 e. The molecule has 5 heterocycles. The summed E-state index contributed by atoms with van der Waals surface area (Å²) in [7, 11) is 5.29. The van der Waals surface area contributed by atoms with Gasteiger partial charge in [-0.05, 0) is 30.8 Å². The Morgan fingerprint density at radius 1 is 1.03 bits per heavy atom. The Hall–Kier alpha value is -4.05. The van der Waals surface area contributed by atoms with Crippen LogP contribution in [0.25, 0.3) is 11.2 Å². The van der Waals surface area contributed by atoms with Crippen LogP contribution in [-0.4, -0.2) is 71.5 Å². The molecule has 1 saturated heterocycles. The van der Waals surface area contributed by atoms with Crippen molar-refractivity contribution in [2.45, 2.75) is 18.8 Å². The molecule has 186 valence electrons. The van der Waals surface area contributed by atoms with Gasteiger partial charge in [-0.3, -0.25) is 4.90 Å². The first-order chi connectivity index (χ1) is 17.6. The maximum absolute atomic E-state index is 6.26. The first kappa shape index (κ1) is 22.4. The Bertz CT molecular complexity index is 1370. The number of methoxy groups -OCH3 is 2. The number of hydrogen-bond acceptors (Lipinski definition) is 9. The maximum atomic E-state index is 6.26. The summed E-state index contributed by atoms with van der Waals surface area (Å²) in [6.07, 6.45) is 5.19. The van der Waals surface area contributed by atoms with Gasteiger partial charge in [-0.1, -0.05) is 0 Å². The summed E-state index contributed by atoms with van der Waals surface area (Å²) in [6.45, 7) is 2.77. The van der Waals surface area contributed by atoms with Crippen LogP contribution in [0.15, 0.2) is 49.1 Å². The van der Waals surface area contributed by atoms with E-state index in [0.717, 1.165) is 41.1 Å². The summed E-state index contributed by atoms with van der Waals surface area (Å²) in [5.41, 5.74) is 3.46. The van der Waals surface area contributed by atoms with Gasteiger partial charge in [-0.15, -0.1) is 0 Å². The van der Waals surface area contributed by atoms with E-state index in [9.17, 15) is 0 Å². The predicted octanol–water partition coefficient (Wildman–Crippen LogP) is 3.10. The van der Waals surface area contributed by atoms with E-state index >= 15 is 0 Å². The molecule has 0 N–H and O–H groups in total. The molecule has 0 aliphatic carbocycles. The molecule has 10 heteroatoms. The second kappa shape index (κ2) is 9.19. The van der Waals surface area contributed by atoms with Crippen molar-refractivity contribution in [3.8, 4) is 28.9 Å². The number of nitrogens with zero attached hydrogens (tertiary/aromatic N) is 5. The monoisotopic (exact) mass is 489 g/mol. The SMILES string of the molecule is COc1ccc([C@@H]2COc3cc(Cn4cnc5cc(OC6CN(C)C6)cnc54)cc(OC)c3O2)cn1. The Morgan fingerprint density at radius 3 is 2.67 bits per heavy atom. The minimum atomic E-state index is -0.297. The molecular weight excluding hydrogens is 462 g/mol. The molecule has 0 radical (unpaired) electrons. The minimum absolute atomic E-state index is 0.210. The topological polar surface area (TPSA) is 93.0 Å². The third-order valence-electron chi connectivity index (χ3n) is 6.41. The summed E-state index contributed by atoms with van der Waals surface area (Å²) < 4.78 is 31.1. The van der Waals surface area contributed by atoms with E-state index in [0.29, 0.717) is 36.3 Å². The molecule has 0 amide bonds. The van der Waals surface area contributed by atoms with E-state index in [4.69, 9.17) is 23.7 Å². The highest BCUT2D eigenvalue weighted by atomic mass is 16.6. The van der Waals surface area contributed by atoms with E-state index in [1.807, 2.05) is 28.8 Å². The average Bonchev–Trinajstić information content (AvgIpc) is 3.28. The van der Waals surface area contributed by atoms with E-state index in [-0.39, 0.29) is 12.2 Å². The third-order valence-corrected chi connectivity index (χ3v) is 6.41. The van der Waals surface area contributed by atoms with E-state index in [1.54, 1.807) is 39.0 Å². The van der Waals surface area contributed by atoms with Gasteiger partial charge >= 0.3 is 0 Å². The number of imidazole rings is 1. The van der Waals surface area contributed by atoms with Crippen LogP contribution in [0.1, 0.15) is 17.2 Å². The molecule has 0 saturated carbocycles. The fourth-order valence-corrected chi connectivity index (χ4v) is 4.52. The Labute approximate surface area is 208 Å². The molecule has 1 aromatic carbocycles. The van der Waals surface area contributed by atoms with E-state index < -0.39 is 0 Å². The number of likely N-dealkylation sites (tertiary alicyclic amines) is 1. The predicted molar refractivity (Wildman–Crippen MR) is 131 cm³/mol. The summed E-state index contributed by atoms with van der Waals surface area (Å²) in [4.78, 5) is 15.6. The summed E-state index contributed by atoms with van der Waals surface area (Å²) in [5, 5.41) is 0. The van der Waals surface area contributed by atoms with Crippen LogP contribution in [0, 0.1) is 0 Å². The van der Waals surface area contributed by atoms with Gasteiger partial charge in [0.1, 0.15) is 24.0 Å². The Morgan fingerprint density at radius 2 is 1.92 bits per heavy atom. The summed E-state index contributed by atoms with van der Waals surface area (Å²) in [5.74, 6) is 3.11. The molecule has 2 aliphatic heterocycles. The average molecular weight is 490 g/mol. The van der Waals surface area contributed by atoms with Crippen LogP contribution < -0.4 is 23.7 Å². The third kappa shape index (κ3) is 4.24. The van der Waals surface area contributed by atoms with Crippen molar-refractivity contribution in [3.05, 3.63) is 60.2 Å². The van der Waals surface area contributed by atoms with Gasteiger partial charge in [0.25, 0.3) is 0 Å². The highest BCUT2D eigenvalue weighted by molar-refractivity contribution is 5.72. The molecule has 10 nitrogen and oxygen atoms in total. The standard InChI is InChI=1S/C26H27N5O5/c1-30-12-19(13-30)35-18-8-20-26(28-10-18)31(15-29-20)11-16-6-21(32-2)25-22(7-16)34-14-23(36-25)17-4-5-24(33-3)27-9-17/h4-10,15,19,23H,11-14H2,1-3H3/t23-/m0/s1. The van der Waals surface area contributed by atoms with Gasteiger partial charge in [-0.25, -0.2) is 15.0 Å². The highest BCUT2D eigenvalue weighted by Crippen LogP contribution is 2.44. The zero-order valence-corrected chi connectivity index (χ0v) is 20.4. The van der Waals surface area contributed by atoms with Gasteiger partial charge in [0.15, 0.2) is 23.3 Å². The van der Waals surface area contributed by atoms with Crippen LogP contribution in [-0.2, 0) is 6.54 Å². The first-order valence-corrected chi connectivity index (χ1v) is 11.8. The van der Waals surface area contributed by atoms with Crippen molar-refractivity contribution in [2.24, 2.45) is 0 Å². The van der Waals surface area contributed by atoms with Gasteiger partial charge in [0.2, 0.25) is 11.6 Å². The zero-order chi connectivity index (χ0) is 24.6. The lowest BCUT2D eigenvalue weighted by Crippen LogP contribution is -2.51. The van der Waals surface area contributed by atoms with Gasteiger partial charge in [-0.2, -0.15) is 0 Å². The number of likely N-dealkylation sites (N-methyl/N-ethyl adjacent to an activating group) is 1. The second-order valence-electron chi connectivity index (χ2n) is 9.02. The molecule has 0 spiro atoms. The minimum Gasteiger partial charge on any atom is -0.493 e. The van der Waals surface area contributed by atoms with Gasteiger partial charge in [0.05, 0.1) is 33.3 Å². The quantitative estimate of drug-likeness (QED) is 0.388. The molecule has 0 bridgehead atoms. The smallest absolute Gasteiger partial charge is 0.212 e. The Kier molecular flexibility index (Phi) is 5.73. The molecule has 1 atom stereocenters. The fraction of sp³-hybridized carbons (Fsp3) is 0.346. The van der Waals surface area contributed by atoms with Crippen molar-refractivity contribution >= 4 is 11.2 Å². The highest BCUT2D eigenvalue weighted by Gasteiger charge is 2.27. The van der Waals surface area contributed by atoms with E-state index in [2.05, 4.69) is 26.9 Å². The van der Waals surface area contributed by atoms with Crippen LogP contribution >= 0.6 is 0 Å². The van der Waals surface area contributed by atoms with E-state index in [1.165, 1.54) is 0 Å². The lowest BCUT2D eigenvalue weighted by molar-refractivity contribution is 0.0387. The summed E-state index contributed by atoms with van der Waals surface area (Å²) >= 11 is 0. The van der Waals surface area contributed by atoms with Gasteiger partial charge < -0.3 is 28.3 Å². The molecule has 3 aromatic heterocycles. The van der Waals surface area contributed by atoms with Crippen LogP contribution in [0.3, 0.4) is 0 Å². The van der Waals surface area contributed by atoms with Gasteiger partial charge in [0, 0.05) is 37.0 Å². The summed E-state index contributed by atoms with van der Waals surface area (Å²) in [6, 6.07) is 9.59. The normalized spacial score (nSPS) is 17.6. The van der Waals surface area contributed by atoms with Crippen LogP contribution in [0.2, 0.25) is 0 Å². The number of benzene rings is 1. The fourth-order valence-electron chi connectivity index (χ4n) is 4.52. The lowest BCUT2D eigenvalue weighted by atomic mass is 10.1. The number of pyridine rings is 2. The first-order valence-electron chi connectivity index (χ1n) is 11.8. The molecule has 36 heavy (non-hydrogen) atoms. The van der Waals surface area contributed by atoms with Crippen LogP contribution in [0.5, 0.6) is 28.9 Å². The molecular formula is C26H27N5O5. The van der Waals surface area contributed by atoms with Crippen molar-refractivity contribution in [1.29, 1.82) is 0 Å². The van der Waals surface area contributed by atoms with Crippen molar-refractivity contribution in [1.82, 2.24) is 24.4 Å². The molecule has 6 rings (SSSR count). The molecule has 1 fully saturated rings. The number of rotatable bonds is 7. The van der Waals surface area contributed by atoms with Crippen molar-refractivity contribution in [3.63, 3.8) is 0 Å². The molecule has 4 aromatic rings. The van der Waals surface area contributed by atoms with Crippen LogP contribution in [0.4, 0.5) is 0 Å². The zero-order valence-electron chi connectivity index (χ0n) is 20.4. The number of hydrogen-bond donors (Lipinski definition) is 0. The molecule has 0 unspecified atom stereocenters. The number of ether oxygens (including phenoxy) is 5. The number of aromatic nitrogens is 4.